The molecule has 0 aliphatic carbocycles. The van der Waals surface area contributed by atoms with Crippen LogP contribution in [-0.4, -0.2) is 19.9 Å². The zero-order chi connectivity index (χ0) is 18.7. The molecule has 1 atom stereocenters. The highest BCUT2D eigenvalue weighted by Gasteiger charge is 2.25. The minimum atomic E-state index is -3.88. The monoisotopic (exact) mass is 370 g/mol. The SMILES string of the molecule is Cc1ccc(S(=O)(=O)NC(C[N+](=O)[O-])c2ccc3ccccc3c2)cc1. The van der Waals surface area contributed by atoms with E-state index in [1.54, 1.807) is 24.3 Å². The summed E-state index contributed by atoms with van der Waals surface area (Å²) in [5.41, 5.74) is 1.48. The molecular weight excluding hydrogens is 352 g/mol. The second-order valence-electron chi connectivity index (χ2n) is 6.11. The Hall–Kier alpha value is -2.77. The molecule has 1 N–H and O–H groups in total. The Morgan fingerprint density at radius 1 is 1.00 bits per heavy atom. The van der Waals surface area contributed by atoms with E-state index in [4.69, 9.17) is 0 Å². The number of hydrogen-bond acceptors (Lipinski definition) is 4. The van der Waals surface area contributed by atoms with Gasteiger partial charge in [-0.1, -0.05) is 54.1 Å². The molecule has 3 aromatic carbocycles. The molecule has 0 heterocycles. The summed E-state index contributed by atoms with van der Waals surface area (Å²) in [7, 11) is -3.88. The van der Waals surface area contributed by atoms with Crippen LogP contribution in [0.3, 0.4) is 0 Å². The van der Waals surface area contributed by atoms with Crippen LogP contribution in [0.5, 0.6) is 0 Å². The Kier molecular flexibility index (Phi) is 5.01. The molecule has 0 fully saturated rings. The van der Waals surface area contributed by atoms with Crippen molar-refractivity contribution in [2.24, 2.45) is 0 Å². The molecule has 26 heavy (non-hydrogen) atoms. The van der Waals surface area contributed by atoms with E-state index in [1.807, 2.05) is 37.3 Å². The first-order valence-electron chi connectivity index (χ1n) is 8.05. The van der Waals surface area contributed by atoms with Crippen molar-refractivity contribution in [3.63, 3.8) is 0 Å². The topological polar surface area (TPSA) is 89.3 Å². The fourth-order valence-corrected chi connectivity index (χ4v) is 3.97. The molecule has 3 rings (SSSR count). The zero-order valence-electron chi connectivity index (χ0n) is 14.1. The largest absolute Gasteiger partial charge is 0.264 e. The predicted molar refractivity (Wildman–Crippen MR) is 100 cm³/mol. The van der Waals surface area contributed by atoms with Crippen LogP contribution in [0.2, 0.25) is 0 Å². The van der Waals surface area contributed by atoms with Gasteiger partial charge in [-0.2, -0.15) is 4.72 Å². The molecule has 0 saturated heterocycles. The van der Waals surface area contributed by atoms with Gasteiger partial charge < -0.3 is 0 Å². The van der Waals surface area contributed by atoms with Gasteiger partial charge in [0.05, 0.1) is 4.90 Å². The maximum absolute atomic E-state index is 12.6. The van der Waals surface area contributed by atoms with Crippen molar-refractivity contribution in [1.82, 2.24) is 4.72 Å². The van der Waals surface area contributed by atoms with Crippen LogP contribution in [0.15, 0.2) is 71.6 Å². The molecule has 1 unspecified atom stereocenters. The molecule has 0 radical (unpaired) electrons. The van der Waals surface area contributed by atoms with Gasteiger partial charge in [0.15, 0.2) is 0 Å². The number of aryl methyl sites for hydroxylation is 1. The highest BCUT2D eigenvalue weighted by atomic mass is 32.2. The molecule has 0 aliphatic heterocycles. The van der Waals surface area contributed by atoms with Crippen LogP contribution < -0.4 is 4.72 Å². The lowest BCUT2D eigenvalue weighted by molar-refractivity contribution is -0.483. The van der Waals surface area contributed by atoms with Gasteiger partial charge >= 0.3 is 0 Å². The third kappa shape index (κ3) is 4.07. The lowest BCUT2D eigenvalue weighted by atomic mass is 10.0. The minimum Gasteiger partial charge on any atom is -0.264 e. The van der Waals surface area contributed by atoms with Crippen LogP contribution in [0.1, 0.15) is 17.2 Å². The van der Waals surface area contributed by atoms with Crippen molar-refractivity contribution < 1.29 is 13.3 Å². The first-order chi connectivity index (χ1) is 12.3. The summed E-state index contributed by atoms with van der Waals surface area (Å²) in [6.07, 6.45) is 0. The normalized spacial score (nSPS) is 12.8. The number of nitro groups is 1. The number of nitrogens with zero attached hydrogens (tertiary/aromatic N) is 1. The molecule has 7 heteroatoms. The number of rotatable bonds is 6. The maximum atomic E-state index is 12.6. The Morgan fingerprint density at radius 2 is 1.65 bits per heavy atom. The van der Waals surface area contributed by atoms with Crippen molar-refractivity contribution in [1.29, 1.82) is 0 Å². The van der Waals surface area contributed by atoms with Crippen LogP contribution in [0, 0.1) is 17.0 Å². The summed E-state index contributed by atoms with van der Waals surface area (Å²) in [6.45, 7) is 1.32. The molecule has 0 aromatic heterocycles. The van der Waals surface area contributed by atoms with E-state index in [9.17, 15) is 18.5 Å². The average Bonchev–Trinajstić information content (AvgIpc) is 2.60. The first-order valence-corrected chi connectivity index (χ1v) is 9.53. The fraction of sp³-hybridized carbons (Fsp3) is 0.158. The molecule has 3 aromatic rings. The van der Waals surface area contributed by atoms with Gasteiger partial charge in [-0.3, -0.25) is 10.1 Å². The molecule has 0 spiro atoms. The van der Waals surface area contributed by atoms with Gasteiger partial charge in [0.25, 0.3) is 0 Å². The van der Waals surface area contributed by atoms with Crippen LogP contribution in [0.4, 0.5) is 0 Å². The molecule has 0 amide bonds. The van der Waals surface area contributed by atoms with Crippen molar-refractivity contribution in [2.75, 3.05) is 6.54 Å². The highest BCUT2D eigenvalue weighted by Crippen LogP contribution is 2.23. The van der Waals surface area contributed by atoms with Crippen LogP contribution in [-0.2, 0) is 10.0 Å². The van der Waals surface area contributed by atoms with E-state index in [-0.39, 0.29) is 4.90 Å². The number of nitrogens with one attached hydrogen (secondary N) is 1. The Balaban J connectivity index is 1.96. The van der Waals surface area contributed by atoms with Crippen molar-refractivity contribution in [3.8, 4) is 0 Å². The lowest BCUT2D eigenvalue weighted by Gasteiger charge is -2.16. The van der Waals surface area contributed by atoms with Crippen molar-refractivity contribution >= 4 is 20.8 Å². The second kappa shape index (κ2) is 7.23. The summed E-state index contributed by atoms with van der Waals surface area (Å²) >= 11 is 0. The van der Waals surface area contributed by atoms with E-state index in [0.717, 1.165) is 16.3 Å². The second-order valence-corrected chi connectivity index (χ2v) is 7.82. The molecular formula is C19H18N2O4S. The van der Waals surface area contributed by atoms with Crippen molar-refractivity contribution in [2.45, 2.75) is 17.9 Å². The van der Waals surface area contributed by atoms with Crippen molar-refractivity contribution in [3.05, 3.63) is 88.0 Å². The van der Waals surface area contributed by atoms with Crippen LogP contribution in [0.25, 0.3) is 10.8 Å². The zero-order valence-corrected chi connectivity index (χ0v) is 14.9. The predicted octanol–water partition coefficient (Wildman–Crippen LogP) is 3.44. The van der Waals surface area contributed by atoms with E-state index >= 15 is 0 Å². The third-order valence-corrected chi connectivity index (χ3v) is 5.62. The van der Waals surface area contributed by atoms with Gasteiger partial charge in [0.1, 0.15) is 6.04 Å². The number of sulfonamides is 1. The summed E-state index contributed by atoms with van der Waals surface area (Å²) in [5, 5.41) is 13.0. The first kappa shape index (κ1) is 18.0. The highest BCUT2D eigenvalue weighted by molar-refractivity contribution is 7.89. The van der Waals surface area contributed by atoms with E-state index in [1.165, 1.54) is 12.1 Å². The molecule has 0 bridgehead atoms. The van der Waals surface area contributed by atoms with Gasteiger partial charge in [0.2, 0.25) is 16.6 Å². The maximum Gasteiger partial charge on any atom is 0.241 e. The fourth-order valence-electron chi connectivity index (χ4n) is 2.76. The third-order valence-electron chi connectivity index (χ3n) is 4.14. The Morgan fingerprint density at radius 3 is 2.31 bits per heavy atom. The molecule has 134 valence electrons. The molecule has 0 aliphatic rings. The standard InChI is InChI=1S/C19H18N2O4S/c1-14-6-10-18(11-7-14)26(24,25)20-19(13-21(22)23)17-9-8-15-4-2-3-5-16(15)12-17/h2-12,19-20H,13H2,1H3. The van der Waals surface area contributed by atoms with Crippen LogP contribution >= 0.6 is 0 Å². The van der Waals surface area contributed by atoms with E-state index in [0.29, 0.717) is 5.56 Å². The smallest absolute Gasteiger partial charge is 0.241 e. The summed E-state index contributed by atoms with van der Waals surface area (Å²) in [5.74, 6) is 0. The summed E-state index contributed by atoms with van der Waals surface area (Å²) < 4.78 is 27.7. The lowest BCUT2D eigenvalue weighted by Crippen LogP contribution is -2.33. The van der Waals surface area contributed by atoms with Gasteiger partial charge in [-0.15, -0.1) is 0 Å². The Labute approximate surface area is 151 Å². The van der Waals surface area contributed by atoms with E-state index in [2.05, 4.69) is 4.72 Å². The Bertz CT molecular complexity index is 1050. The average molecular weight is 370 g/mol. The number of hydrogen-bond donors (Lipinski definition) is 1. The summed E-state index contributed by atoms with van der Waals surface area (Å²) in [6, 6.07) is 18.3. The van der Waals surface area contributed by atoms with E-state index < -0.39 is 27.5 Å². The molecule has 0 saturated carbocycles. The number of benzene rings is 3. The summed E-state index contributed by atoms with van der Waals surface area (Å²) in [4.78, 5) is 10.6. The van der Waals surface area contributed by atoms with Gasteiger partial charge in [-0.25, -0.2) is 8.42 Å². The minimum absolute atomic E-state index is 0.0808. The number of fused-ring (bicyclic) bond motifs is 1. The molecule has 6 nitrogen and oxygen atoms in total. The van der Waals surface area contributed by atoms with Gasteiger partial charge in [0, 0.05) is 4.92 Å². The quantitative estimate of drug-likeness (QED) is 0.532. The van der Waals surface area contributed by atoms with Gasteiger partial charge in [-0.05, 0) is 41.5 Å².